The molecule has 0 saturated heterocycles. The standard InChI is InChI=1S/C56H34N8O16S4/c1-28-26-32(29(2)30(3)54(28)78-82(71,72)47-13-5-9-38-34(47)18-22-42(62-58)51(38)66)27-31-16-25-45(77-81(69,70)46-12-4-8-37-33(46)17-21-41(61-57)50(37)65)56(80-84(75,76)49-15-7-11-40-36(49)20-24-44(64-60)53(40)68)55(31)79-83(73,74)48-14-6-10-39-35(48)19-23-43(63-59)52(39)67/h4-26H,27H2,1-3H3. The monoisotopic (exact) mass is 1200 g/mol. The topological polar surface area (TPSA) is 387 Å². The lowest BCUT2D eigenvalue weighted by Crippen LogP contribution is -2.23. The fraction of sp³-hybridized carbons (Fsp3) is 0.0714. The molecule has 0 unspecified atom stereocenters. The molecule has 0 spiro atoms. The largest absolute Gasteiger partial charge is 0.378 e. The van der Waals surface area contributed by atoms with E-state index in [1.54, 1.807) is 0 Å². The van der Waals surface area contributed by atoms with Gasteiger partial charge in [-0.15, -0.1) is 0 Å². The maximum Gasteiger partial charge on any atom is 0.362 e. The number of carbonyl (C=O) groups is 4. The molecular weight excluding hydrogens is 1170 g/mol. The van der Waals surface area contributed by atoms with Gasteiger partial charge in [0.25, 0.3) is 23.1 Å². The minimum Gasteiger partial charge on any atom is -0.378 e. The Labute approximate surface area is 476 Å². The Kier molecular flexibility index (Phi) is 14.3. The van der Waals surface area contributed by atoms with Crippen molar-refractivity contribution in [1.29, 1.82) is 0 Å². The van der Waals surface area contributed by atoms with Crippen LogP contribution in [0.25, 0.3) is 46.4 Å². The molecule has 0 heterocycles. The van der Waals surface area contributed by atoms with Gasteiger partial charge in [0.2, 0.25) is 5.75 Å². The van der Waals surface area contributed by atoms with Gasteiger partial charge in [0.15, 0.2) is 11.5 Å². The van der Waals surface area contributed by atoms with Crippen molar-refractivity contribution in [2.45, 2.75) is 46.8 Å². The smallest absolute Gasteiger partial charge is 0.362 e. The Balaban J connectivity index is 1.17. The molecule has 6 aromatic rings. The summed E-state index contributed by atoms with van der Waals surface area (Å²) >= 11 is 0. The molecule has 0 saturated carbocycles. The van der Waals surface area contributed by atoms with Crippen molar-refractivity contribution in [3.05, 3.63) is 210 Å². The number of Topliss-reactive ketones (excluding diaryl/α,β-unsaturated/α-hetero) is 4. The SMILES string of the molecule is Cc1cc(Cc2ccc(OS(=O)(=O)c3cccc4c3C=CC(=[N+]=[N-])C4=O)c(OS(=O)(=O)c3cccc4c3C=CC(=[N+]=[N-])C4=O)c2OS(=O)(=O)c2cccc3c2C=CC(=[N+]=[N-])C3=O)c(C)c(C)c1OS(=O)(=O)c1cccc2c1C=CC(=[N+]=[N-])C2=O. The Bertz CT molecular complexity index is 4960. The predicted molar refractivity (Wildman–Crippen MR) is 295 cm³/mol. The van der Waals surface area contributed by atoms with Crippen LogP contribution in [0.3, 0.4) is 0 Å². The Hall–Kier alpha value is -10.5. The highest BCUT2D eigenvalue weighted by Gasteiger charge is 2.39. The van der Waals surface area contributed by atoms with Gasteiger partial charge in [0, 0.05) is 80.8 Å². The lowest BCUT2D eigenvalue weighted by Gasteiger charge is -2.22. The lowest BCUT2D eigenvalue weighted by atomic mass is 9.93. The van der Waals surface area contributed by atoms with Crippen LogP contribution >= 0.6 is 0 Å². The molecule has 6 aromatic carbocycles. The summed E-state index contributed by atoms with van der Waals surface area (Å²) in [5.74, 6) is -7.06. The van der Waals surface area contributed by atoms with E-state index in [4.69, 9.17) is 16.7 Å². The zero-order valence-corrected chi connectivity index (χ0v) is 46.5. The first kappa shape index (κ1) is 56.7. The van der Waals surface area contributed by atoms with Crippen LogP contribution in [0.1, 0.15) is 91.5 Å². The number of aryl methyl sites for hydroxylation is 1. The normalized spacial score (nSPS) is 14.4. The first-order chi connectivity index (χ1) is 39.9. The zero-order valence-electron chi connectivity index (χ0n) is 43.2. The number of nitrogens with zero attached hydrogens (tertiary/aromatic N) is 8. The molecular formula is C56H34N8O16S4. The van der Waals surface area contributed by atoms with Crippen LogP contribution < -0.4 is 16.7 Å². The van der Waals surface area contributed by atoms with Gasteiger partial charge in [-0.05, 0) is 97.7 Å². The van der Waals surface area contributed by atoms with Gasteiger partial charge in [-0.25, -0.2) is 0 Å². The molecule has 0 aliphatic heterocycles. The fourth-order valence-electron chi connectivity index (χ4n) is 9.59. The van der Waals surface area contributed by atoms with Gasteiger partial charge >= 0.3 is 63.3 Å². The summed E-state index contributed by atoms with van der Waals surface area (Å²) in [6.45, 7) is 4.50. The van der Waals surface area contributed by atoms with Crippen LogP contribution in [0.15, 0.2) is 135 Å². The summed E-state index contributed by atoms with van der Waals surface area (Å²) in [4.78, 5) is 62.0. The number of allylic oxidation sites excluding steroid dienone is 4. The molecule has 28 heteroatoms. The molecule has 24 nitrogen and oxygen atoms in total. The summed E-state index contributed by atoms with van der Waals surface area (Å²) in [7, 11) is -21.0. The van der Waals surface area contributed by atoms with Crippen LogP contribution in [0, 0.1) is 20.8 Å². The molecule has 84 heavy (non-hydrogen) atoms. The molecule has 418 valence electrons. The average Bonchev–Trinajstić information content (AvgIpc) is 1.16. The van der Waals surface area contributed by atoms with Crippen LogP contribution in [0.5, 0.6) is 23.0 Å². The number of carbonyl (C=O) groups excluding carboxylic acids is 4. The number of hydrogen-bond acceptors (Lipinski definition) is 16. The molecule has 0 atom stereocenters. The van der Waals surface area contributed by atoms with E-state index < -0.39 is 124 Å². The maximum absolute atomic E-state index is 15.0. The molecule has 0 aromatic heterocycles. The summed E-state index contributed by atoms with van der Waals surface area (Å²) in [5, 5.41) is 0. The number of rotatable bonds is 14. The van der Waals surface area contributed by atoms with Gasteiger partial charge in [-0.1, -0.05) is 60.7 Å². The third kappa shape index (κ3) is 9.79. The maximum atomic E-state index is 15.0. The quantitative estimate of drug-likeness (QED) is 0.0615. The van der Waals surface area contributed by atoms with Crippen molar-refractivity contribution in [3.63, 3.8) is 0 Å². The van der Waals surface area contributed by atoms with Crippen molar-refractivity contribution in [1.82, 2.24) is 0 Å². The first-order valence-corrected chi connectivity index (χ1v) is 29.8. The van der Waals surface area contributed by atoms with Crippen molar-refractivity contribution >= 4 is 111 Å². The van der Waals surface area contributed by atoms with Gasteiger partial charge in [-0.3, -0.25) is 19.2 Å². The fourth-order valence-corrected chi connectivity index (χ4v) is 14.3. The highest BCUT2D eigenvalue weighted by Crippen LogP contribution is 2.47. The summed E-state index contributed by atoms with van der Waals surface area (Å²) in [6, 6.07) is 17.4. The second kappa shape index (κ2) is 21.1. The van der Waals surface area contributed by atoms with Gasteiger partial charge in [0.05, 0.1) is 0 Å². The minimum absolute atomic E-state index is 0.0484. The number of benzene rings is 6. The van der Waals surface area contributed by atoms with Crippen LogP contribution in [-0.2, 0) is 46.9 Å². The van der Waals surface area contributed by atoms with E-state index >= 15 is 8.42 Å². The summed E-state index contributed by atoms with van der Waals surface area (Å²) in [5.41, 5.74) is 34.7. The molecule has 4 aliphatic rings. The van der Waals surface area contributed by atoms with E-state index in [-0.39, 0.29) is 83.8 Å². The first-order valence-electron chi connectivity index (χ1n) is 24.2. The van der Waals surface area contributed by atoms with Gasteiger partial charge in [-0.2, -0.15) is 52.8 Å². The van der Waals surface area contributed by atoms with Crippen molar-refractivity contribution < 1.29 is 88.7 Å². The van der Waals surface area contributed by atoms with Crippen molar-refractivity contribution in [3.8, 4) is 23.0 Å². The molecule has 0 N–H and O–H groups in total. The Morgan fingerprint density at radius 3 is 1.04 bits per heavy atom. The predicted octanol–water partition coefficient (Wildman–Crippen LogP) is 6.79. The van der Waals surface area contributed by atoms with Gasteiger partial charge < -0.3 is 38.9 Å². The third-order valence-corrected chi connectivity index (χ3v) is 18.9. The van der Waals surface area contributed by atoms with E-state index in [9.17, 15) is 66.6 Å². The number of fused-ring (bicyclic) bond motifs is 4. The lowest BCUT2D eigenvalue weighted by molar-refractivity contribution is -0.00459. The number of hydrogen-bond donors (Lipinski definition) is 0. The van der Waals surface area contributed by atoms with Crippen molar-refractivity contribution in [2.24, 2.45) is 0 Å². The number of ketones is 4. The summed E-state index contributed by atoms with van der Waals surface area (Å²) in [6.07, 6.45) is 8.26. The van der Waals surface area contributed by atoms with Gasteiger partial charge in [0.1, 0.15) is 25.3 Å². The highest BCUT2D eigenvalue weighted by atomic mass is 32.2. The third-order valence-electron chi connectivity index (χ3n) is 13.8. The molecule has 0 amide bonds. The molecule has 4 aliphatic carbocycles. The van der Waals surface area contributed by atoms with E-state index in [0.29, 0.717) is 0 Å². The zero-order chi connectivity index (χ0) is 60.4. The Morgan fingerprint density at radius 1 is 0.369 bits per heavy atom. The molecule has 0 fully saturated rings. The minimum atomic E-state index is -5.47. The highest BCUT2D eigenvalue weighted by molar-refractivity contribution is 7.88. The van der Waals surface area contributed by atoms with E-state index in [2.05, 4.69) is 19.2 Å². The van der Waals surface area contributed by atoms with E-state index in [1.807, 2.05) is 0 Å². The molecule has 0 radical (unpaired) electrons. The van der Waals surface area contributed by atoms with Crippen molar-refractivity contribution in [2.75, 3.05) is 0 Å². The average molecular weight is 1200 g/mol. The molecule has 0 bridgehead atoms. The molecule has 10 rings (SSSR count). The Morgan fingerprint density at radius 2 is 0.690 bits per heavy atom. The van der Waals surface area contributed by atoms with E-state index in [0.717, 1.165) is 91.1 Å². The summed E-state index contributed by atoms with van der Waals surface area (Å²) < 4.78 is 141. The van der Waals surface area contributed by atoms with E-state index in [1.165, 1.54) is 69.3 Å². The second-order valence-corrected chi connectivity index (χ2v) is 24.7. The van der Waals surface area contributed by atoms with Crippen LogP contribution in [0.4, 0.5) is 0 Å². The van der Waals surface area contributed by atoms with Crippen LogP contribution in [-0.4, -0.2) is 98.8 Å². The second-order valence-electron chi connectivity index (χ2n) is 18.6. The van der Waals surface area contributed by atoms with Crippen LogP contribution in [0.2, 0.25) is 0 Å².